The van der Waals surface area contributed by atoms with E-state index in [9.17, 15) is 4.79 Å². The monoisotopic (exact) mass is 357 g/mol. The van der Waals surface area contributed by atoms with Crippen molar-refractivity contribution in [1.29, 1.82) is 0 Å². The summed E-state index contributed by atoms with van der Waals surface area (Å²) in [5.41, 5.74) is 0.527. The Morgan fingerprint density at radius 2 is 1.76 bits per heavy atom. The Morgan fingerprint density at radius 1 is 1.18 bits per heavy atom. The molecule has 0 atom stereocenters. The second kappa shape index (κ2) is 7.47. The van der Waals surface area contributed by atoms with Crippen molar-refractivity contribution in [3.05, 3.63) is 33.3 Å². The zero-order chi connectivity index (χ0) is 12.8. The molecule has 0 saturated carbocycles. The van der Waals surface area contributed by atoms with E-state index in [1.807, 2.05) is 0 Å². The first-order chi connectivity index (χ1) is 8.08. The van der Waals surface area contributed by atoms with Crippen LogP contribution in [0.4, 0.5) is 0 Å². The largest absolute Gasteiger partial charge is 0.336 e. The molecule has 0 fully saturated rings. The third-order valence-electron chi connectivity index (χ3n) is 2.11. The molecule has 0 bridgehead atoms. The second-order valence-corrected chi connectivity index (χ2v) is 5.44. The fourth-order valence-corrected chi connectivity index (χ4v) is 2.65. The maximum Gasteiger partial charge on any atom is 0.254 e. The van der Waals surface area contributed by atoms with Crippen LogP contribution in [0.3, 0.4) is 0 Å². The lowest BCUT2D eigenvalue weighted by molar-refractivity contribution is 0.0775. The van der Waals surface area contributed by atoms with E-state index in [0.717, 1.165) is 4.47 Å². The molecule has 1 amide bonds. The van der Waals surface area contributed by atoms with Gasteiger partial charge < -0.3 is 4.90 Å². The number of hydrogen-bond acceptors (Lipinski definition) is 1. The molecule has 0 radical (unpaired) electrons. The Hall–Kier alpha value is 0.0400. The van der Waals surface area contributed by atoms with Crippen LogP contribution >= 0.6 is 50.7 Å². The fourth-order valence-electron chi connectivity index (χ4n) is 1.38. The van der Waals surface area contributed by atoms with Crippen LogP contribution in [0.2, 0.25) is 5.02 Å². The quantitative estimate of drug-likeness (QED) is 0.727. The summed E-state index contributed by atoms with van der Waals surface area (Å²) in [6.07, 6.45) is 0. The molecule has 6 heteroatoms. The number of carbonyl (C=O) groups is 1. The topological polar surface area (TPSA) is 20.3 Å². The predicted molar refractivity (Wildman–Crippen MR) is 76.5 cm³/mol. The van der Waals surface area contributed by atoms with Gasteiger partial charge in [-0.2, -0.15) is 0 Å². The molecule has 0 unspecified atom stereocenters. The first kappa shape index (κ1) is 15.1. The van der Waals surface area contributed by atoms with Crippen molar-refractivity contribution in [2.24, 2.45) is 0 Å². The lowest BCUT2D eigenvalue weighted by atomic mass is 10.2. The van der Waals surface area contributed by atoms with E-state index in [2.05, 4.69) is 15.9 Å². The summed E-state index contributed by atoms with van der Waals surface area (Å²) in [5, 5.41) is 0.513. The lowest BCUT2D eigenvalue weighted by Gasteiger charge is -2.20. The van der Waals surface area contributed by atoms with E-state index in [0.29, 0.717) is 35.4 Å². The van der Waals surface area contributed by atoms with Gasteiger partial charge in [-0.1, -0.05) is 27.5 Å². The number of benzene rings is 1. The lowest BCUT2D eigenvalue weighted by Crippen LogP contribution is -2.34. The molecule has 94 valence electrons. The number of carbonyl (C=O) groups excluding carboxylic acids is 1. The summed E-state index contributed by atoms with van der Waals surface area (Å²) in [6, 6.07) is 5.08. The highest BCUT2D eigenvalue weighted by Gasteiger charge is 2.15. The number of nitrogens with zero attached hydrogens (tertiary/aromatic N) is 1. The van der Waals surface area contributed by atoms with E-state index in [-0.39, 0.29) is 5.91 Å². The molecular weight excluding hydrogens is 348 g/mol. The average molecular weight is 359 g/mol. The summed E-state index contributed by atoms with van der Waals surface area (Å²) >= 11 is 20.5. The Morgan fingerprint density at radius 3 is 2.24 bits per heavy atom. The summed E-state index contributed by atoms with van der Waals surface area (Å²) in [6.45, 7) is 0.939. The Bertz CT molecular complexity index is 374. The molecule has 0 aliphatic carbocycles. The highest BCUT2D eigenvalue weighted by Crippen LogP contribution is 2.20. The Labute approximate surface area is 124 Å². The number of hydrogen-bond donors (Lipinski definition) is 0. The zero-order valence-electron chi connectivity index (χ0n) is 8.93. The summed E-state index contributed by atoms with van der Waals surface area (Å²) in [7, 11) is 0. The van der Waals surface area contributed by atoms with Crippen LogP contribution in [0.25, 0.3) is 0 Å². The van der Waals surface area contributed by atoms with Gasteiger partial charge in [-0.05, 0) is 18.2 Å². The van der Waals surface area contributed by atoms with Gasteiger partial charge in [-0.25, -0.2) is 0 Å². The van der Waals surface area contributed by atoms with Crippen molar-refractivity contribution in [3.8, 4) is 0 Å². The normalized spacial score (nSPS) is 10.4. The van der Waals surface area contributed by atoms with E-state index >= 15 is 0 Å². The smallest absolute Gasteiger partial charge is 0.254 e. The highest BCUT2D eigenvalue weighted by atomic mass is 79.9. The van der Waals surface area contributed by atoms with Crippen LogP contribution in [0.15, 0.2) is 22.7 Å². The molecule has 0 aliphatic heterocycles. The highest BCUT2D eigenvalue weighted by molar-refractivity contribution is 9.10. The van der Waals surface area contributed by atoms with Gasteiger partial charge in [0.15, 0.2) is 0 Å². The van der Waals surface area contributed by atoms with Crippen molar-refractivity contribution >= 4 is 56.6 Å². The molecule has 0 N–H and O–H groups in total. The van der Waals surface area contributed by atoms with Gasteiger partial charge in [0.1, 0.15) is 0 Å². The minimum atomic E-state index is -0.116. The predicted octanol–water partition coefficient (Wildman–Crippen LogP) is 4.02. The molecule has 2 nitrogen and oxygen atoms in total. The van der Waals surface area contributed by atoms with Crippen LogP contribution in [0, 0.1) is 0 Å². The molecule has 0 aromatic heterocycles. The number of amides is 1. The minimum absolute atomic E-state index is 0.116. The molecule has 0 heterocycles. The van der Waals surface area contributed by atoms with E-state index in [1.54, 1.807) is 23.1 Å². The van der Waals surface area contributed by atoms with E-state index in [1.165, 1.54) is 0 Å². The average Bonchev–Trinajstić information content (AvgIpc) is 2.26. The second-order valence-electron chi connectivity index (χ2n) is 3.33. The van der Waals surface area contributed by atoms with Crippen LogP contribution in [-0.4, -0.2) is 35.7 Å². The van der Waals surface area contributed by atoms with Gasteiger partial charge >= 0.3 is 0 Å². The summed E-state index contributed by atoms with van der Waals surface area (Å²) in [4.78, 5) is 13.8. The van der Waals surface area contributed by atoms with Crippen molar-refractivity contribution in [2.75, 3.05) is 24.8 Å². The minimum Gasteiger partial charge on any atom is -0.336 e. The van der Waals surface area contributed by atoms with Gasteiger partial charge in [0.05, 0.1) is 0 Å². The van der Waals surface area contributed by atoms with Crippen LogP contribution in [0.5, 0.6) is 0 Å². The third-order valence-corrected chi connectivity index (χ3v) is 3.12. The Balaban J connectivity index is 2.92. The standard InChI is InChI=1S/C11H11BrCl3NO/c12-9-5-8(6-10(15)7-9)11(17)16(3-1-13)4-2-14/h5-7H,1-4H2. The van der Waals surface area contributed by atoms with Gasteiger partial charge in [0, 0.05) is 39.9 Å². The fraction of sp³-hybridized carbons (Fsp3) is 0.364. The number of alkyl halides is 2. The van der Waals surface area contributed by atoms with Crippen molar-refractivity contribution in [3.63, 3.8) is 0 Å². The molecule has 0 spiro atoms. The SMILES string of the molecule is O=C(c1cc(Cl)cc(Br)c1)N(CCCl)CCCl. The molecule has 1 aromatic rings. The summed E-state index contributed by atoms with van der Waals surface area (Å²) in [5.74, 6) is 0.642. The van der Waals surface area contributed by atoms with Crippen LogP contribution in [-0.2, 0) is 0 Å². The first-order valence-electron chi connectivity index (χ1n) is 4.95. The summed E-state index contributed by atoms with van der Waals surface area (Å²) < 4.78 is 0.769. The van der Waals surface area contributed by atoms with Crippen molar-refractivity contribution < 1.29 is 4.79 Å². The maximum absolute atomic E-state index is 12.2. The van der Waals surface area contributed by atoms with Crippen LogP contribution in [0.1, 0.15) is 10.4 Å². The first-order valence-corrected chi connectivity index (χ1v) is 7.19. The van der Waals surface area contributed by atoms with E-state index in [4.69, 9.17) is 34.8 Å². The maximum atomic E-state index is 12.2. The van der Waals surface area contributed by atoms with Gasteiger partial charge in [-0.3, -0.25) is 4.79 Å². The van der Waals surface area contributed by atoms with Gasteiger partial charge in [-0.15, -0.1) is 23.2 Å². The number of rotatable bonds is 5. The van der Waals surface area contributed by atoms with Crippen LogP contribution < -0.4 is 0 Å². The molecule has 17 heavy (non-hydrogen) atoms. The van der Waals surface area contributed by atoms with E-state index < -0.39 is 0 Å². The molecule has 0 aliphatic rings. The molecule has 1 rings (SSSR count). The van der Waals surface area contributed by atoms with Gasteiger partial charge in [0.2, 0.25) is 0 Å². The molecule has 1 aromatic carbocycles. The molecule has 0 saturated heterocycles. The zero-order valence-corrected chi connectivity index (χ0v) is 12.8. The van der Waals surface area contributed by atoms with Crippen molar-refractivity contribution in [2.45, 2.75) is 0 Å². The van der Waals surface area contributed by atoms with Gasteiger partial charge in [0.25, 0.3) is 5.91 Å². The third kappa shape index (κ3) is 4.66. The Kier molecular flexibility index (Phi) is 6.63. The number of halogens is 4. The molecular formula is C11H11BrCl3NO. The van der Waals surface area contributed by atoms with Crippen molar-refractivity contribution in [1.82, 2.24) is 4.90 Å².